The first-order chi connectivity index (χ1) is 15.6. The van der Waals surface area contributed by atoms with Crippen LogP contribution in [0.15, 0.2) is 48.2 Å². The van der Waals surface area contributed by atoms with Gasteiger partial charge < -0.3 is 19.5 Å². The highest BCUT2D eigenvalue weighted by Gasteiger charge is 2.32. The molecule has 6 nitrogen and oxygen atoms in total. The molecule has 0 atom stereocenters. The zero-order valence-corrected chi connectivity index (χ0v) is 19.2. The van der Waals surface area contributed by atoms with E-state index in [4.69, 9.17) is 26.4 Å². The van der Waals surface area contributed by atoms with E-state index in [9.17, 15) is 4.79 Å². The monoisotopic (exact) mass is 452 g/mol. The lowest BCUT2D eigenvalue weighted by Crippen LogP contribution is -2.30. The summed E-state index contributed by atoms with van der Waals surface area (Å²) < 4.78 is 17.4. The minimum atomic E-state index is -0.205. The Bertz CT molecular complexity index is 1010. The van der Waals surface area contributed by atoms with Gasteiger partial charge in [-0.2, -0.15) is 0 Å². The standard InChI is InChI=1S/C25H28N2O4S/c1-3-29-19-12-10-18(11-13-19)27-24(28)21(26-25(27)32)15-17-9-14-22(23(16-17)30-4-2)31-20-7-5-6-8-20/h9-16,20H,3-8H2,1-2H3,(H,26,32)/b21-15+. The SMILES string of the molecule is CCOc1ccc(N2C(=O)/C(=C\c3ccc(OC4CCCC4)c(OCC)c3)NC2=S)cc1. The molecule has 1 heterocycles. The Morgan fingerprint density at radius 3 is 2.44 bits per heavy atom. The number of ether oxygens (including phenoxy) is 3. The number of rotatable bonds is 8. The molecule has 2 aromatic carbocycles. The average Bonchev–Trinajstić information content (AvgIpc) is 3.39. The van der Waals surface area contributed by atoms with Crippen LogP contribution in [0, 0.1) is 0 Å². The van der Waals surface area contributed by atoms with Gasteiger partial charge in [-0.1, -0.05) is 6.07 Å². The van der Waals surface area contributed by atoms with Crippen LogP contribution in [0.25, 0.3) is 6.08 Å². The molecule has 1 saturated carbocycles. The second-order valence-electron chi connectivity index (χ2n) is 7.72. The zero-order chi connectivity index (χ0) is 22.5. The van der Waals surface area contributed by atoms with Crippen molar-refractivity contribution < 1.29 is 19.0 Å². The van der Waals surface area contributed by atoms with Crippen molar-refractivity contribution in [3.8, 4) is 17.2 Å². The lowest BCUT2D eigenvalue weighted by Gasteiger charge is -2.17. The van der Waals surface area contributed by atoms with Crippen molar-refractivity contribution in [2.75, 3.05) is 18.1 Å². The lowest BCUT2D eigenvalue weighted by atomic mass is 10.1. The number of nitrogens with zero attached hydrogens (tertiary/aromatic N) is 1. The van der Waals surface area contributed by atoms with E-state index in [0.29, 0.717) is 35.5 Å². The predicted octanol–water partition coefficient (Wildman–Crippen LogP) is 5.07. The van der Waals surface area contributed by atoms with Crippen molar-refractivity contribution >= 4 is 35.0 Å². The Kier molecular flexibility index (Phi) is 6.95. The number of amides is 1. The van der Waals surface area contributed by atoms with Crippen LogP contribution in [-0.2, 0) is 4.79 Å². The Balaban J connectivity index is 1.54. The molecule has 2 aliphatic rings. The van der Waals surface area contributed by atoms with Crippen LogP contribution in [0.4, 0.5) is 5.69 Å². The van der Waals surface area contributed by atoms with Gasteiger partial charge in [0.2, 0.25) is 0 Å². The molecule has 1 amide bonds. The third-order valence-corrected chi connectivity index (χ3v) is 5.74. The van der Waals surface area contributed by atoms with Crippen molar-refractivity contribution in [3.63, 3.8) is 0 Å². The number of benzene rings is 2. The lowest BCUT2D eigenvalue weighted by molar-refractivity contribution is -0.113. The van der Waals surface area contributed by atoms with E-state index in [0.717, 1.165) is 29.9 Å². The molecule has 0 unspecified atom stereocenters. The number of carbonyl (C=O) groups is 1. The molecule has 0 spiro atoms. The smallest absolute Gasteiger partial charge is 0.281 e. The summed E-state index contributed by atoms with van der Waals surface area (Å²) >= 11 is 5.42. The summed E-state index contributed by atoms with van der Waals surface area (Å²) in [5, 5.41) is 3.38. The third kappa shape index (κ3) is 4.88. The molecule has 1 saturated heterocycles. The second-order valence-corrected chi connectivity index (χ2v) is 8.11. The van der Waals surface area contributed by atoms with Gasteiger partial charge in [-0.05, 0) is 99.8 Å². The molecule has 168 valence electrons. The molecule has 0 aromatic heterocycles. The molecular formula is C25H28N2O4S. The molecule has 2 fully saturated rings. The largest absolute Gasteiger partial charge is 0.494 e. The molecular weight excluding hydrogens is 424 g/mol. The Hall–Kier alpha value is -3.06. The van der Waals surface area contributed by atoms with Crippen molar-refractivity contribution in [1.82, 2.24) is 5.32 Å². The second kappa shape index (κ2) is 10.0. The number of thiocarbonyl (C=S) groups is 1. The molecule has 4 rings (SSSR count). The maximum absolute atomic E-state index is 13.1. The van der Waals surface area contributed by atoms with Crippen LogP contribution < -0.4 is 24.4 Å². The highest BCUT2D eigenvalue weighted by atomic mass is 32.1. The molecule has 7 heteroatoms. The first-order valence-corrected chi connectivity index (χ1v) is 11.5. The highest BCUT2D eigenvalue weighted by molar-refractivity contribution is 7.80. The Morgan fingerprint density at radius 2 is 1.75 bits per heavy atom. The van der Waals surface area contributed by atoms with Crippen molar-refractivity contribution in [2.24, 2.45) is 0 Å². The Labute approximate surface area is 194 Å². The summed E-state index contributed by atoms with van der Waals surface area (Å²) in [7, 11) is 0. The van der Waals surface area contributed by atoms with Gasteiger partial charge >= 0.3 is 0 Å². The molecule has 32 heavy (non-hydrogen) atoms. The fourth-order valence-electron chi connectivity index (χ4n) is 3.96. The number of anilines is 1. The molecule has 0 radical (unpaired) electrons. The molecule has 1 N–H and O–H groups in total. The van der Waals surface area contributed by atoms with Crippen LogP contribution in [0.2, 0.25) is 0 Å². The van der Waals surface area contributed by atoms with Crippen molar-refractivity contribution in [2.45, 2.75) is 45.6 Å². The van der Waals surface area contributed by atoms with Crippen molar-refractivity contribution in [3.05, 3.63) is 53.7 Å². The quantitative estimate of drug-likeness (QED) is 0.446. The summed E-state index contributed by atoms with van der Waals surface area (Å²) in [6, 6.07) is 13.0. The number of nitrogens with one attached hydrogen (secondary N) is 1. The van der Waals surface area contributed by atoms with Gasteiger partial charge in [-0.25, -0.2) is 0 Å². The fourth-order valence-corrected chi connectivity index (χ4v) is 4.26. The number of hydrogen-bond acceptors (Lipinski definition) is 5. The molecule has 0 bridgehead atoms. The van der Waals surface area contributed by atoms with Crippen LogP contribution in [-0.4, -0.2) is 30.3 Å². The summed E-state index contributed by atoms with van der Waals surface area (Å²) in [4.78, 5) is 14.5. The van der Waals surface area contributed by atoms with Gasteiger partial charge in [0, 0.05) is 0 Å². The van der Waals surface area contributed by atoms with Crippen molar-refractivity contribution in [1.29, 1.82) is 0 Å². The van der Waals surface area contributed by atoms with Crippen LogP contribution in [0.5, 0.6) is 17.2 Å². The first kappa shape index (κ1) is 22.1. The van der Waals surface area contributed by atoms with E-state index in [1.807, 2.05) is 56.3 Å². The predicted molar refractivity (Wildman–Crippen MR) is 129 cm³/mol. The van der Waals surface area contributed by atoms with Crippen LogP contribution >= 0.6 is 12.2 Å². The van der Waals surface area contributed by atoms with Gasteiger partial charge in [0.25, 0.3) is 5.91 Å². The van der Waals surface area contributed by atoms with E-state index in [1.54, 1.807) is 6.08 Å². The highest BCUT2D eigenvalue weighted by Crippen LogP contribution is 2.33. The van der Waals surface area contributed by atoms with Gasteiger partial charge in [0.15, 0.2) is 16.6 Å². The summed E-state index contributed by atoms with van der Waals surface area (Å²) in [6.45, 7) is 5.00. The minimum absolute atomic E-state index is 0.205. The minimum Gasteiger partial charge on any atom is -0.494 e. The van der Waals surface area contributed by atoms with E-state index in [2.05, 4.69) is 5.32 Å². The van der Waals surface area contributed by atoms with Gasteiger partial charge in [0.1, 0.15) is 11.4 Å². The van der Waals surface area contributed by atoms with E-state index >= 15 is 0 Å². The van der Waals surface area contributed by atoms with E-state index in [-0.39, 0.29) is 12.0 Å². The average molecular weight is 453 g/mol. The maximum atomic E-state index is 13.1. The molecule has 1 aliphatic heterocycles. The molecule has 1 aliphatic carbocycles. The van der Waals surface area contributed by atoms with E-state index < -0.39 is 0 Å². The number of carbonyl (C=O) groups excluding carboxylic acids is 1. The van der Waals surface area contributed by atoms with Crippen LogP contribution in [0.1, 0.15) is 45.1 Å². The van der Waals surface area contributed by atoms with Crippen LogP contribution in [0.3, 0.4) is 0 Å². The zero-order valence-electron chi connectivity index (χ0n) is 18.4. The van der Waals surface area contributed by atoms with E-state index in [1.165, 1.54) is 17.7 Å². The molecule has 2 aromatic rings. The summed E-state index contributed by atoms with van der Waals surface area (Å²) in [5.74, 6) is 1.98. The fraction of sp³-hybridized carbons (Fsp3) is 0.360. The van der Waals surface area contributed by atoms with Gasteiger partial charge in [0.05, 0.1) is 25.0 Å². The summed E-state index contributed by atoms with van der Waals surface area (Å²) in [5.41, 5.74) is 1.94. The number of hydrogen-bond donors (Lipinski definition) is 1. The first-order valence-electron chi connectivity index (χ1n) is 11.1. The summed E-state index contributed by atoms with van der Waals surface area (Å²) in [6.07, 6.45) is 6.60. The maximum Gasteiger partial charge on any atom is 0.281 e. The third-order valence-electron chi connectivity index (χ3n) is 5.46. The topological polar surface area (TPSA) is 60.0 Å². The normalized spacial score (nSPS) is 17.7. The van der Waals surface area contributed by atoms with Gasteiger partial charge in [-0.15, -0.1) is 0 Å². The van der Waals surface area contributed by atoms with Gasteiger partial charge in [-0.3, -0.25) is 9.69 Å². The Morgan fingerprint density at radius 1 is 1.03 bits per heavy atom.